The summed E-state index contributed by atoms with van der Waals surface area (Å²) in [6.07, 6.45) is 3.38. The summed E-state index contributed by atoms with van der Waals surface area (Å²) in [6, 6.07) is 0. The topological polar surface area (TPSA) is 23.6 Å². The first kappa shape index (κ1) is 11.4. The summed E-state index contributed by atoms with van der Waals surface area (Å²) < 4.78 is 0. The van der Waals surface area contributed by atoms with Crippen LogP contribution in [0.5, 0.6) is 0 Å². The third-order valence-corrected chi connectivity index (χ3v) is 3.58. The van der Waals surface area contributed by atoms with Crippen LogP contribution in [0.25, 0.3) is 0 Å². The Hall–Kier alpha value is -0.0900. The van der Waals surface area contributed by atoms with Gasteiger partial charge in [0.25, 0.3) is 0 Å². The van der Waals surface area contributed by atoms with E-state index in [2.05, 4.69) is 25.7 Å². The molecule has 2 aliphatic rings. The van der Waals surface area contributed by atoms with E-state index in [9.17, 15) is 4.79 Å². The zero-order chi connectivity index (χ0) is 10.7. The number of rotatable bonds is 3. The highest BCUT2D eigenvalue weighted by atomic mass is 79.9. The second-order valence-electron chi connectivity index (χ2n) is 4.48. The minimum Gasteiger partial charge on any atom is -0.341 e. The normalized spacial score (nSPS) is 23.9. The Morgan fingerprint density at radius 3 is 2.67 bits per heavy atom. The molecule has 1 heterocycles. The predicted molar refractivity (Wildman–Crippen MR) is 64.2 cm³/mol. The molecule has 0 bridgehead atoms. The first-order valence-corrected chi connectivity index (χ1v) is 7.00. The summed E-state index contributed by atoms with van der Waals surface area (Å²) in [7, 11) is 0. The van der Waals surface area contributed by atoms with Gasteiger partial charge in [0.15, 0.2) is 0 Å². The summed E-state index contributed by atoms with van der Waals surface area (Å²) in [5, 5.41) is 1.03. The molecule has 1 aliphatic carbocycles. The van der Waals surface area contributed by atoms with Crippen molar-refractivity contribution in [2.75, 3.05) is 38.1 Å². The van der Waals surface area contributed by atoms with Gasteiger partial charge in [-0.15, -0.1) is 0 Å². The van der Waals surface area contributed by atoms with E-state index >= 15 is 0 Å². The molecular weight excluding hydrogens is 256 g/mol. The molecule has 0 aromatic carbocycles. The summed E-state index contributed by atoms with van der Waals surface area (Å²) in [6.45, 7) is 5.19. The first-order chi connectivity index (χ1) is 7.31. The molecule has 0 radical (unpaired) electrons. The number of alkyl halides is 1. The Balaban J connectivity index is 1.80. The van der Waals surface area contributed by atoms with Gasteiger partial charge in [-0.1, -0.05) is 15.9 Å². The zero-order valence-corrected chi connectivity index (χ0v) is 10.7. The summed E-state index contributed by atoms with van der Waals surface area (Å²) >= 11 is 3.47. The predicted octanol–water partition coefficient (Wildman–Crippen LogP) is 1.33. The van der Waals surface area contributed by atoms with Crippen LogP contribution in [-0.4, -0.2) is 53.8 Å². The van der Waals surface area contributed by atoms with Gasteiger partial charge in [0, 0.05) is 37.4 Å². The Bertz CT molecular complexity index is 231. The number of nitrogens with zero attached hydrogens (tertiary/aromatic N) is 2. The minimum absolute atomic E-state index is 0.382. The van der Waals surface area contributed by atoms with Gasteiger partial charge in [0.1, 0.15) is 0 Å². The summed E-state index contributed by atoms with van der Waals surface area (Å²) in [5.74, 6) is 0.795. The molecule has 4 heteroatoms. The highest BCUT2D eigenvalue weighted by Gasteiger charge is 2.33. The fraction of sp³-hybridized carbons (Fsp3) is 0.909. The number of carbonyl (C=O) groups is 1. The molecule has 15 heavy (non-hydrogen) atoms. The van der Waals surface area contributed by atoms with E-state index in [1.807, 2.05) is 0 Å². The van der Waals surface area contributed by atoms with Crippen molar-refractivity contribution in [3.8, 4) is 0 Å². The van der Waals surface area contributed by atoms with Gasteiger partial charge in [-0.2, -0.15) is 0 Å². The Kier molecular flexibility index (Phi) is 4.03. The van der Waals surface area contributed by atoms with Crippen LogP contribution in [0.3, 0.4) is 0 Å². The number of hydrogen-bond donors (Lipinski definition) is 0. The van der Waals surface area contributed by atoms with Crippen molar-refractivity contribution >= 4 is 21.8 Å². The molecule has 2 rings (SSSR count). The Morgan fingerprint density at radius 1 is 1.20 bits per heavy atom. The van der Waals surface area contributed by atoms with Crippen LogP contribution >= 0.6 is 15.9 Å². The molecule has 1 saturated carbocycles. The van der Waals surface area contributed by atoms with Gasteiger partial charge in [0.2, 0.25) is 5.91 Å². The van der Waals surface area contributed by atoms with Gasteiger partial charge < -0.3 is 9.80 Å². The van der Waals surface area contributed by atoms with Crippen molar-refractivity contribution < 1.29 is 4.79 Å². The van der Waals surface area contributed by atoms with E-state index in [1.54, 1.807) is 0 Å². The van der Waals surface area contributed by atoms with Gasteiger partial charge >= 0.3 is 0 Å². The average Bonchev–Trinajstić information content (AvgIpc) is 3.05. The van der Waals surface area contributed by atoms with E-state index in [4.69, 9.17) is 0 Å². The highest BCUT2D eigenvalue weighted by molar-refractivity contribution is 9.09. The van der Waals surface area contributed by atoms with Crippen molar-refractivity contribution in [1.82, 2.24) is 9.80 Å². The van der Waals surface area contributed by atoms with Crippen LogP contribution in [0.15, 0.2) is 0 Å². The van der Waals surface area contributed by atoms with Crippen molar-refractivity contribution in [3.63, 3.8) is 0 Å². The first-order valence-electron chi connectivity index (χ1n) is 5.88. The summed E-state index contributed by atoms with van der Waals surface area (Å²) in [5.41, 5.74) is 0. The standard InChI is InChI=1S/C11H19BrN2O/c12-4-7-13-5-1-6-14(9-8-13)11(15)10-2-3-10/h10H,1-9H2. The second-order valence-corrected chi connectivity index (χ2v) is 5.28. The van der Waals surface area contributed by atoms with Crippen LogP contribution in [0.1, 0.15) is 19.3 Å². The molecule has 1 saturated heterocycles. The maximum absolute atomic E-state index is 11.9. The maximum atomic E-state index is 11.9. The molecule has 0 N–H and O–H groups in total. The van der Waals surface area contributed by atoms with Gasteiger partial charge in [-0.3, -0.25) is 4.79 Å². The smallest absolute Gasteiger partial charge is 0.225 e. The lowest BCUT2D eigenvalue weighted by Gasteiger charge is -2.21. The van der Waals surface area contributed by atoms with Crippen LogP contribution in [0, 0.1) is 5.92 Å². The fourth-order valence-electron chi connectivity index (χ4n) is 2.12. The quantitative estimate of drug-likeness (QED) is 0.725. The van der Waals surface area contributed by atoms with E-state index in [0.717, 1.165) is 57.3 Å². The molecule has 1 aliphatic heterocycles. The fourth-order valence-corrected chi connectivity index (χ4v) is 2.62. The van der Waals surface area contributed by atoms with Crippen molar-refractivity contribution in [3.05, 3.63) is 0 Å². The van der Waals surface area contributed by atoms with E-state index in [1.165, 1.54) is 0 Å². The highest BCUT2D eigenvalue weighted by Crippen LogP contribution is 2.31. The lowest BCUT2D eigenvalue weighted by molar-refractivity contribution is -0.132. The van der Waals surface area contributed by atoms with Crippen LogP contribution in [-0.2, 0) is 4.79 Å². The van der Waals surface area contributed by atoms with Crippen LogP contribution < -0.4 is 0 Å². The molecule has 3 nitrogen and oxygen atoms in total. The Morgan fingerprint density at radius 2 is 2.00 bits per heavy atom. The van der Waals surface area contributed by atoms with E-state index < -0.39 is 0 Å². The molecule has 0 atom stereocenters. The summed E-state index contributed by atoms with van der Waals surface area (Å²) in [4.78, 5) is 16.4. The number of hydrogen-bond acceptors (Lipinski definition) is 2. The minimum atomic E-state index is 0.382. The maximum Gasteiger partial charge on any atom is 0.225 e. The average molecular weight is 275 g/mol. The van der Waals surface area contributed by atoms with Gasteiger partial charge in [-0.25, -0.2) is 0 Å². The van der Waals surface area contributed by atoms with E-state index in [0.29, 0.717) is 11.8 Å². The van der Waals surface area contributed by atoms with Crippen molar-refractivity contribution in [2.45, 2.75) is 19.3 Å². The van der Waals surface area contributed by atoms with Crippen LogP contribution in [0.2, 0.25) is 0 Å². The molecule has 0 aromatic heterocycles. The number of carbonyl (C=O) groups excluding carboxylic acids is 1. The third kappa shape index (κ3) is 3.18. The second kappa shape index (κ2) is 5.30. The third-order valence-electron chi connectivity index (χ3n) is 3.23. The lowest BCUT2D eigenvalue weighted by atomic mass is 10.3. The zero-order valence-electron chi connectivity index (χ0n) is 9.12. The number of amides is 1. The Labute approximate surface area is 99.9 Å². The van der Waals surface area contributed by atoms with Crippen molar-refractivity contribution in [1.29, 1.82) is 0 Å². The van der Waals surface area contributed by atoms with Crippen LogP contribution in [0.4, 0.5) is 0 Å². The molecule has 0 spiro atoms. The van der Waals surface area contributed by atoms with Gasteiger partial charge in [0.05, 0.1) is 0 Å². The lowest BCUT2D eigenvalue weighted by Crippen LogP contribution is -2.36. The molecule has 1 amide bonds. The largest absolute Gasteiger partial charge is 0.341 e. The molecular formula is C11H19BrN2O. The van der Waals surface area contributed by atoms with E-state index in [-0.39, 0.29) is 0 Å². The van der Waals surface area contributed by atoms with Crippen molar-refractivity contribution in [2.24, 2.45) is 5.92 Å². The molecule has 0 aromatic rings. The van der Waals surface area contributed by atoms with Gasteiger partial charge in [-0.05, 0) is 25.8 Å². The molecule has 0 unspecified atom stereocenters. The molecule has 86 valence electrons. The molecule has 2 fully saturated rings. The number of halogens is 1. The monoisotopic (exact) mass is 274 g/mol. The SMILES string of the molecule is O=C(C1CC1)N1CCCN(CCBr)CC1.